The second kappa shape index (κ2) is 5.86. The van der Waals surface area contributed by atoms with Crippen LogP contribution in [-0.4, -0.2) is 6.54 Å². The molecule has 0 saturated heterocycles. The van der Waals surface area contributed by atoms with Crippen LogP contribution in [0.5, 0.6) is 0 Å². The average molecular weight is 322 g/mol. The Balaban J connectivity index is 2.15. The van der Waals surface area contributed by atoms with Crippen LogP contribution in [0.2, 0.25) is 5.02 Å². The first-order chi connectivity index (χ1) is 9.72. The van der Waals surface area contributed by atoms with Crippen LogP contribution in [0.15, 0.2) is 35.0 Å². The van der Waals surface area contributed by atoms with Gasteiger partial charge in [0.1, 0.15) is 0 Å². The van der Waals surface area contributed by atoms with Gasteiger partial charge in [-0.05, 0) is 46.8 Å². The molecule has 0 aliphatic carbocycles. The number of halogens is 1. The van der Waals surface area contributed by atoms with Crippen LogP contribution in [0.25, 0.3) is 10.1 Å². The summed E-state index contributed by atoms with van der Waals surface area (Å²) >= 11 is 10.0. The third kappa shape index (κ3) is 2.40. The topological polar surface area (TPSA) is 12.0 Å². The standard InChI is InChI=1S/C16H16ClNS2/c1-3-18-14(16-13(17)10(2)9-20-16)12-6-4-5-11-7-8-19-15(11)12/h4-9,14,18H,3H2,1-2H3. The number of rotatable bonds is 4. The van der Waals surface area contributed by atoms with E-state index in [0.717, 1.165) is 17.1 Å². The third-order valence-corrected chi connectivity index (χ3v) is 6.17. The summed E-state index contributed by atoms with van der Waals surface area (Å²) in [4.78, 5) is 1.21. The fraction of sp³-hybridized carbons (Fsp3) is 0.250. The van der Waals surface area contributed by atoms with E-state index < -0.39 is 0 Å². The second-order valence-electron chi connectivity index (χ2n) is 4.77. The lowest BCUT2D eigenvalue weighted by Crippen LogP contribution is -2.21. The van der Waals surface area contributed by atoms with E-state index in [2.05, 4.69) is 54.2 Å². The van der Waals surface area contributed by atoms with Crippen molar-refractivity contribution in [2.75, 3.05) is 6.54 Å². The van der Waals surface area contributed by atoms with Crippen molar-refractivity contribution in [3.05, 3.63) is 56.1 Å². The van der Waals surface area contributed by atoms with E-state index in [1.54, 1.807) is 22.7 Å². The number of thiophene rings is 2. The average Bonchev–Trinajstić information content (AvgIpc) is 3.05. The van der Waals surface area contributed by atoms with E-state index in [0.29, 0.717) is 0 Å². The molecular formula is C16H16ClNS2. The largest absolute Gasteiger partial charge is 0.306 e. The minimum Gasteiger partial charge on any atom is -0.306 e. The van der Waals surface area contributed by atoms with Crippen LogP contribution < -0.4 is 5.32 Å². The first kappa shape index (κ1) is 14.1. The molecule has 1 atom stereocenters. The lowest BCUT2D eigenvalue weighted by molar-refractivity contribution is 0.644. The van der Waals surface area contributed by atoms with E-state index in [4.69, 9.17) is 11.6 Å². The summed E-state index contributed by atoms with van der Waals surface area (Å²) < 4.78 is 1.35. The molecular weight excluding hydrogens is 306 g/mol. The smallest absolute Gasteiger partial charge is 0.0700 e. The molecule has 3 aromatic rings. The Bertz CT molecular complexity index is 729. The maximum absolute atomic E-state index is 6.49. The highest BCUT2D eigenvalue weighted by atomic mass is 35.5. The number of fused-ring (bicyclic) bond motifs is 1. The van der Waals surface area contributed by atoms with Crippen molar-refractivity contribution in [3.63, 3.8) is 0 Å². The molecule has 104 valence electrons. The summed E-state index contributed by atoms with van der Waals surface area (Å²) in [5, 5.41) is 10.1. The van der Waals surface area contributed by atoms with Gasteiger partial charge in [0.15, 0.2) is 0 Å². The number of aryl methyl sites for hydroxylation is 1. The predicted octanol–water partition coefficient (Wildman–Crippen LogP) is 5.62. The lowest BCUT2D eigenvalue weighted by Gasteiger charge is -2.18. The molecule has 2 heterocycles. The Hall–Kier alpha value is -0.870. The number of nitrogens with one attached hydrogen (secondary N) is 1. The van der Waals surface area contributed by atoms with Crippen molar-refractivity contribution < 1.29 is 0 Å². The third-order valence-electron chi connectivity index (χ3n) is 3.42. The van der Waals surface area contributed by atoms with Gasteiger partial charge in [-0.1, -0.05) is 36.7 Å². The van der Waals surface area contributed by atoms with Crippen LogP contribution in [0, 0.1) is 6.92 Å². The fourth-order valence-electron chi connectivity index (χ4n) is 2.44. The van der Waals surface area contributed by atoms with E-state index >= 15 is 0 Å². The lowest BCUT2D eigenvalue weighted by atomic mass is 10.0. The maximum atomic E-state index is 6.49. The highest BCUT2D eigenvalue weighted by Crippen LogP contribution is 2.39. The fourth-order valence-corrected chi connectivity index (χ4v) is 4.78. The van der Waals surface area contributed by atoms with Gasteiger partial charge in [-0.25, -0.2) is 0 Å². The number of benzene rings is 1. The predicted molar refractivity (Wildman–Crippen MR) is 91.4 cm³/mol. The van der Waals surface area contributed by atoms with Crippen molar-refractivity contribution in [2.24, 2.45) is 0 Å². The molecule has 0 aliphatic rings. The molecule has 0 fully saturated rings. The first-order valence-electron chi connectivity index (χ1n) is 6.65. The number of hydrogen-bond acceptors (Lipinski definition) is 3. The minimum atomic E-state index is 0.175. The van der Waals surface area contributed by atoms with Gasteiger partial charge in [0.2, 0.25) is 0 Å². The van der Waals surface area contributed by atoms with Crippen LogP contribution in [0.4, 0.5) is 0 Å². The van der Waals surface area contributed by atoms with Crippen LogP contribution >= 0.6 is 34.3 Å². The molecule has 20 heavy (non-hydrogen) atoms. The van der Waals surface area contributed by atoms with Gasteiger partial charge >= 0.3 is 0 Å². The Morgan fingerprint density at radius 3 is 2.80 bits per heavy atom. The van der Waals surface area contributed by atoms with Crippen LogP contribution in [0.3, 0.4) is 0 Å². The quantitative estimate of drug-likeness (QED) is 0.657. The highest BCUT2D eigenvalue weighted by molar-refractivity contribution is 7.17. The van der Waals surface area contributed by atoms with Gasteiger partial charge in [-0.3, -0.25) is 0 Å². The molecule has 0 aliphatic heterocycles. The molecule has 1 aromatic carbocycles. The van der Waals surface area contributed by atoms with Crippen LogP contribution in [-0.2, 0) is 0 Å². The van der Waals surface area contributed by atoms with E-state index in [1.807, 2.05) is 0 Å². The summed E-state index contributed by atoms with van der Waals surface area (Å²) in [6.07, 6.45) is 0. The zero-order valence-electron chi connectivity index (χ0n) is 11.4. The molecule has 4 heteroatoms. The zero-order valence-corrected chi connectivity index (χ0v) is 13.8. The summed E-state index contributed by atoms with van der Waals surface area (Å²) in [6.45, 7) is 5.12. The van der Waals surface area contributed by atoms with Crippen molar-refractivity contribution in [3.8, 4) is 0 Å². The molecule has 0 amide bonds. The molecule has 0 spiro atoms. The zero-order chi connectivity index (χ0) is 14.1. The second-order valence-corrected chi connectivity index (χ2v) is 6.98. The molecule has 1 N–H and O–H groups in total. The Morgan fingerprint density at radius 1 is 1.25 bits per heavy atom. The van der Waals surface area contributed by atoms with Gasteiger partial charge in [-0.2, -0.15) is 0 Å². The molecule has 1 unspecified atom stereocenters. The molecule has 1 nitrogen and oxygen atoms in total. The van der Waals surface area contributed by atoms with Crippen molar-refractivity contribution in [1.29, 1.82) is 0 Å². The van der Waals surface area contributed by atoms with Gasteiger partial charge in [0.05, 0.1) is 11.1 Å². The van der Waals surface area contributed by atoms with Gasteiger partial charge < -0.3 is 5.32 Å². The molecule has 0 saturated carbocycles. The number of hydrogen-bond donors (Lipinski definition) is 1. The van der Waals surface area contributed by atoms with E-state index in [9.17, 15) is 0 Å². The Morgan fingerprint density at radius 2 is 2.10 bits per heavy atom. The van der Waals surface area contributed by atoms with E-state index in [-0.39, 0.29) is 6.04 Å². The molecule has 0 bridgehead atoms. The van der Waals surface area contributed by atoms with Gasteiger partial charge in [0, 0.05) is 9.58 Å². The summed E-state index contributed by atoms with van der Waals surface area (Å²) in [7, 11) is 0. The highest BCUT2D eigenvalue weighted by Gasteiger charge is 2.21. The van der Waals surface area contributed by atoms with Crippen molar-refractivity contribution in [1.82, 2.24) is 5.32 Å². The molecule has 0 radical (unpaired) electrons. The van der Waals surface area contributed by atoms with Crippen LogP contribution in [0.1, 0.15) is 29.0 Å². The van der Waals surface area contributed by atoms with Gasteiger partial charge in [0.25, 0.3) is 0 Å². The SMILES string of the molecule is CCNC(c1scc(C)c1Cl)c1cccc2ccsc12. The normalized spacial score (nSPS) is 12.9. The summed E-state index contributed by atoms with van der Waals surface area (Å²) in [6, 6.07) is 8.85. The van der Waals surface area contributed by atoms with Gasteiger partial charge in [-0.15, -0.1) is 22.7 Å². The summed E-state index contributed by atoms with van der Waals surface area (Å²) in [5.41, 5.74) is 2.48. The molecule has 2 aromatic heterocycles. The molecule has 3 rings (SSSR count). The monoisotopic (exact) mass is 321 g/mol. The Kier molecular flexibility index (Phi) is 4.13. The van der Waals surface area contributed by atoms with E-state index in [1.165, 1.54) is 20.5 Å². The minimum absolute atomic E-state index is 0.175. The van der Waals surface area contributed by atoms with Crippen molar-refractivity contribution in [2.45, 2.75) is 19.9 Å². The summed E-state index contributed by atoms with van der Waals surface area (Å²) in [5.74, 6) is 0. The first-order valence-corrected chi connectivity index (χ1v) is 8.79. The Labute approximate surface area is 132 Å². The van der Waals surface area contributed by atoms with Crippen molar-refractivity contribution >= 4 is 44.4 Å². The maximum Gasteiger partial charge on any atom is 0.0700 e.